The monoisotopic (exact) mass is 1050 g/mol. The molecule has 0 radical (unpaired) electrons. The summed E-state index contributed by atoms with van der Waals surface area (Å²) in [5, 5.41) is 112. The summed E-state index contributed by atoms with van der Waals surface area (Å²) in [7, 11) is 0. The average Bonchev–Trinajstić information content (AvgIpc) is 3.93. The number of carbonyl (C=O) groups excluding carboxylic acids is 6. The van der Waals surface area contributed by atoms with Crippen molar-refractivity contribution in [2.45, 2.75) is 151 Å². The Bertz CT molecular complexity index is 2430. The number of hydrogen-bond acceptors (Lipinski definition) is 17. The zero-order valence-electron chi connectivity index (χ0n) is 42.2. The van der Waals surface area contributed by atoms with Crippen molar-refractivity contribution in [3.05, 3.63) is 78.4 Å². The Hall–Kier alpha value is -6.44. The fraction of sp³-hybridized carbons (Fsp3) is 0.538. The summed E-state index contributed by atoms with van der Waals surface area (Å²) in [5.74, 6) is -7.34. The van der Waals surface area contributed by atoms with Crippen molar-refractivity contribution in [2.24, 2.45) is 5.92 Å². The van der Waals surface area contributed by atoms with Gasteiger partial charge in [-0.2, -0.15) is 0 Å². The Balaban J connectivity index is 1.34. The van der Waals surface area contributed by atoms with Crippen LogP contribution in [0.2, 0.25) is 0 Å². The Morgan fingerprint density at radius 1 is 0.653 bits per heavy atom. The van der Waals surface area contributed by atoms with E-state index in [0.717, 1.165) is 60.5 Å². The van der Waals surface area contributed by atoms with Crippen LogP contribution in [-0.2, 0) is 28.8 Å². The van der Waals surface area contributed by atoms with Crippen molar-refractivity contribution in [1.29, 1.82) is 0 Å². The van der Waals surface area contributed by atoms with E-state index in [-0.39, 0.29) is 17.9 Å². The maximum absolute atomic E-state index is 14.4. The molecule has 0 saturated carbocycles. The van der Waals surface area contributed by atoms with Crippen LogP contribution < -0.4 is 31.3 Å². The first-order valence-electron chi connectivity index (χ1n) is 25.3. The number of fused-ring (bicyclic) bond motifs is 2. The van der Waals surface area contributed by atoms with Gasteiger partial charge in [0, 0.05) is 37.5 Å². The molecular formula is C52H71N7O16. The largest absolute Gasteiger partial charge is 0.508 e. The molecule has 23 nitrogen and oxygen atoms in total. The molecular weight excluding hydrogens is 979 g/mol. The quantitative estimate of drug-likeness (QED) is 0.0815. The van der Waals surface area contributed by atoms with Crippen molar-refractivity contribution < 1.29 is 79.5 Å². The highest BCUT2D eigenvalue weighted by Gasteiger charge is 2.50. The highest BCUT2D eigenvalue weighted by Crippen LogP contribution is 2.29. The van der Waals surface area contributed by atoms with E-state index < -0.39 is 146 Å². The van der Waals surface area contributed by atoms with E-state index in [1.165, 1.54) is 31.2 Å². The molecule has 0 spiro atoms. The number of rotatable bonds is 14. The van der Waals surface area contributed by atoms with Crippen LogP contribution >= 0.6 is 0 Å². The fourth-order valence-corrected chi connectivity index (χ4v) is 9.45. The molecule has 14 N–H and O–H groups in total. The number of unbranched alkanes of at least 4 members (excludes halogenated alkanes) is 3. The number of nitrogens with one attached hydrogen (secondary N) is 5. The van der Waals surface area contributed by atoms with Crippen molar-refractivity contribution in [2.75, 3.05) is 25.0 Å². The number of phenols is 1. The van der Waals surface area contributed by atoms with Gasteiger partial charge in [-0.15, -0.1) is 0 Å². The average molecular weight is 1050 g/mol. The van der Waals surface area contributed by atoms with Gasteiger partial charge in [-0.3, -0.25) is 28.8 Å². The number of phenolic OH excluding ortho intramolecular Hbond substituents is 1. The summed E-state index contributed by atoms with van der Waals surface area (Å²) in [4.78, 5) is 87.5. The van der Waals surface area contributed by atoms with Crippen LogP contribution in [0, 0.1) is 5.92 Å². The molecule has 75 heavy (non-hydrogen) atoms. The molecule has 15 unspecified atom stereocenters. The Kier molecular flexibility index (Phi) is 19.9. The lowest BCUT2D eigenvalue weighted by atomic mass is 9.96. The molecule has 3 aliphatic rings. The minimum Gasteiger partial charge on any atom is -0.508 e. The third-order valence-electron chi connectivity index (χ3n) is 13.8. The first-order valence-corrected chi connectivity index (χ1v) is 25.3. The van der Waals surface area contributed by atoms with E-state index in [1.807, 2.05) is 24.3 Å². The smallest absolute Gasteiger partial charge is 0.248 e. The van der Waals surface area contributed by atoms with Gasteiger partial charge >= 0.3 is 0 Å². The first kappa shape index (κ1) is 57.8. The molecule has 3 aromatic carbocycles. The minimum atomic E-state index is -2.26. The first-order chi connectivity index (χ1) is 35.6. The number of hydrogen-bond donors (Lipinski definition) is 14. The van der Waals surface area contributed by atoms with Gasteiger partial charge in [-0.1, -0.05) is 69.5 Å². The number of ether oxygens (including phenoxy) is 1. The number of aliphatic hydroxyl groups is 8. The summed E-state index contributed by atoms with van der Waals surface area (Å²) in [6.45, 7) is 5.63. The number of aliphatic hydroxyl groups excluding tert-OH is 8. The molecule has 3 aromatic rings. The SMILES string of the molecule is CCCCCCOc1ccc(-c2ccc(NC3CC(O)C(O)NC(=O)C4C(O)C(C)CN4C(=O)C(C(C)O)NC(=O)C(C(O)C(O)c4ccc(O)cc4)NC(=O)C4CC(O)CN4C(=O)C(C(C)O)NC3=O)cc2)cc1. The Morgan fingerprint density at radius 3 is 1.83 bits per heavy atom. The van der Waals surface area contributed by atoms with E-state index in [4.69, 9.17) is 4.74 Å². The van der Waals surface area contributed by atoms with Crippen molar-refractivity contribution in [3.63, 3.8) is 0 Å². The van der Waals surface area contributed by atoms with Crippen LogP contribution in [0.1, 0.15) is 77.9 Å². The number of aromatic hydroxyl groups is 1. The second-order valence-corrected chi connectivity index (χ2v) is 19.7. The number of benzene rings is 3. The van der Waals surface area contributed by atoms with Crippen molar-refractivity contribution in [1.82, 2.24) is 31.1 Å². The fourth-order valence-electron chi connectivity index (χ4n) is 9.45. The normalized spacial score (nSPS) is 29.1. The lowest BCUT2D eigenvalue weighted by Gasteiger charge is -2.34. The zero-order chi connectivity index (χ0) is 54.8. The van der Waals surface area contributed by atoms with Crippen molar-refractivity contribution >= 4 is 41.1 Å². The van der Waals surface area contributed by atoms with Gasteiger partial charge in [0.15, 0.2) is 6.23 Å². The lowest BCUT2D eigenvalue weighted by Crippen LogP contribution is -2.64. The molecule has 3 heterocycles. The lowest BCUT2D eigenvalue weighted by molar-refractivity contribution is -0.148. The predicted molar refractivity (Wildman–Crippen MR) is 269 cm³/mol. The topological polar surface area (TPSA) is 360 Å². The molecule has 3 saturated heterocycles. The third-order valence-corrected chi connectivity index (χ3v) is 13.8. The van der Waals surface area contributed by atoms with Gasteiger partial charge in [0.2, 0.25) is 35.4 Å². The molecule has 15 atom stereocenters. The van der Waals surface area contributed by atoms with Gasteiger partial charge < -0.3 is 87.1 Å². The van der Waals surface area contributed by atoms with Gasteiger partial charge in [0.1, 0.15) is 66.1 Å². The van der Waals surface area contributed by atoms with Crippen LogP contribution in [0.3, 0.4) is 0 Å². The molecule has 6 rings (SSSR count). The highest BCUT2D eigenvalue weighted by molar-refractivity contribution is 5.98. The van der Waals surface area contributed by atoms with Crippen molar-refractivity contribution in [3.8, 4) is 22.6 Å². The van der Waals surface area contributed by atoms with E-state index in [1.54, 1.807) is 24.3 Å². The molecule has 0 aliphatic carbocycles. The molecule has 23 heteroatoms. The number of anilines is 1. The van der Waals surface area contributed by atoms with Gasteiger partial charge in [0.25, 0.3) is 0 Å². The maximum atomic E-state index is 14.4. The summed E-state index contributed by atoms with van der Waals surface area (Å²) < 4.78 is 5.87. The zero-order valence-corrected chi connectivity index (χ0v) is 42.2. The van der Waals surface area contributed by atoms with E-state index in [9.17, 15) is 74.7 Å². The van der Waals surface area contributed by atoms with Crippen LogP contribution in [-0.4, -0.2) is 190 Å². The van der Waals surface area contributed by atoms with Crippen LogP contribution in [0.15, 0.2) is 72.8 Å². The molecule has 410 valence electrons. The second-order valence-electron chi connectivity index (χ2n) is 19.7. The van der Waals surface area contributed by atoms with E-state index in [0.29, 0.717) is 18.0 Å². The number of carbonyl (C=O) groups is 6. The number of amides is 6. The molecule has 0 bridgehead atoms. The van der Waals surface area contributed by atoms with Gasteiger partial charge in [0.05, 0.1) is 31.0 Å². The summed E-state index contributed by atoms with van der Waals surface area (Å²) >= 11 is 0. The van der Waals surface area contributed by atoms with Gasteiger partial charge in [-0.05, 0) is 73.4 Å². The Morgan fingerprint density at radius 2 is 1.23 bits per heavy atom. The molecule has 3 fully saturated rings. The maximum Gasteiger partial charge on any atom is 0.248 e. The molecule has 3 aliphatic heterocycles. The van der Waals surface area contributed by atoms with E-state index >= 15 is 0 Å². The molecule has 0 aromatic heterocycles. The Labute approximate surface area is 433 Å². The standard InChI is InChI=1S/C52H71N7O16/c1-5-6-7-8-21-75-35-19-13-30(14-20-35)29-9-15-32(16-10-29)53-36-23-38(64)48(70)57-50(72)42-43(65)26(2)24-59(42)52(74)40(28(4)61)55-49(71)41(45(67)44(66)31-11-17-33(62)18-12-31)56-47(69)37-22-34(63)25-58(37)51(73)39(27(3)60)54-46(36)68/h9-20,26-28,34,36-45,48,53,60-67,70H,5-8,21-25H2,1-4H3,(H,54,68)(H,55,71)(H,56,69)(H,57,72). The van der Waals surface area contributed by atoms with Gasteiger partial charge in [-0.25, -0.2) is 0 Å². The van der Waals surface area contributed by atoms with Crippen LogP contribution in [0.4, 0.5) is 5.69 Å². The number of nitrogens with zero attached hydrogens (tertiary/aromatic N) is 2. The minimum absolute atomic E-state index is 0.0532. The van der Waals surface area contributed by atoms with E-state index in [2.05, 4.69) is 33.5 Å². The van der Waals surface area contributed by atoms with Crippen LogP contribution in [0.25, 0.3) is 11.1 Å². The summed E-state index contributed by atoms with van der Waals surface area (Å²) in [6, 6.07) is 7.93. The highest BCUT2D eigenvalue weighted by atomic mass is 16.5. The molecule has 6 amide bonds. The van der Waals surface area contributed by atoms with Crippen LogP contribution in [0.5, 0.6) is 11.5 Å². The summed E-state index contributed by atoms with van der Waals surface area (Å²) in [6.07, 6.45) is -11.7. The predicted octanol–water partition coefficient (Wildman–Crippen LogP) is -1.52. The second kappa shape index (κ2) is 25.9. The third kappa shape index (κ3) is 14.3. The summed E-state index contributed by atoms with van der Waals surface area (Å²) in [5.41, 5.74) is 1.87.